The van der Waals surface area contributed by atoms with E-state index in [9.17, 15) is 8.42 Å². The average molecular weight is 310 g/mol. The fourth-order valence-electron chi connectivity index (χ4n) is 2.82. The largest absolute Gasteiger partial charge is 0.318 e. The van der Waals surface area contributed by atoms with Crippen molar-refractivity contribution in [3.63, 3.8) is 0 Å². The Labute approximate surface area is 128 Å². The molecule has 1 aliphatic heterocycles. The second kappa shape index (κ2) is 6.90. The van der Waals surface area contributed by atoms with E-state index in [4.69, 9.17) is 0 Å². The Kier molecular flexibility index (Phi) is 5.41. The van der Waals surface area contributed by atoms with Gasteiger partial charge in [0.25, 0.3) is 0 Å². The van der Waals surface area contributed by atoms with Crippen molar-refractivity contribution in [3.05, 3.63) is 35.4 Å². The summed E-state index contributed by atoms with van der Waals surface area (Å²) in [4.78, 5) is 2.30. The van der Waals surface area contributed by atoms with Crippen molar-refractivity contribution in [1.82, 2.24) is 10.2 Å². The van der Waals surface area contributed by atoms with Crippen molar-refractivity contribution in [2.75, 3.05) is 25.9 Å². The Morgan fingerprint density at radius 2 is 1.95 bits per heavy atom. The van der Waals surface area contributed by atoms with E-state index in [1.54, 1.807) is 13.8 Å². The van der Waals surface area contributed by atoms with E-state index in [-0.39, 0.29) is 11.0 Å². The Bertz CT molecular complexity index is 569. The molecule has 5 heteroatoms. The summed E-state index contributed by atoms with van der Waals surface area (Å²) in [7, 11) is -1.03. The standard InChI is InChI=1S/C16H26N2O2S/c1-13(2)21(19,20)9-8-18-12-15-7-5-4-6-14(15)10-16(18)11-17-3/h4-7,13,16-17H,8-12H2,1-3H3. The predicted molar refractivity (Wildman–Crippen MR) is 87.2 cm³/mol. The van der Waals surface area contributed by atoms with Gasteiger partial charge in [-0.25, -0.2) is 8.42 Å². The molecule has 1 heterocycles. The van der Waals surface area contributed by atoms with Gasteiger partial charge in [-0.15, -0.1) is 0 Å². The quantitative estimate of drug-likeness (QED) is 0.864. The van der Waals surface area contributed by atoms with Gasteiger partial charge in [0.15, 0.2) is 9.84 Å². The summed E-state index contributed by atoms with van der Waals surface area (Å²) in [5, 5.41) is 2.93. The smallest absolute Gasteiger partial charge is 0.153 e. The molecule has 0 radical (unpaired) electrons. The maximum atomic E-state index is 12.0. The summed E-state index contributed by atoms with van der Waals surface area (Å²) >= 11 is 0. The van der Waals surface area contributed by atoms with Crippen LogP contribution < -0.4 is 5.32 Å². The second-order valence-corrected chi connectivity index (χ2v) is 8.75. The lowest BCUT2D eigenvalue weighted by molar-refractivity contribution is 0.180. The highest BCUT2D eigenvalue weighted by Crippen LogP contribution is 2.23. The molecule has 1 aliphatic rings. The van der Waals surface area contributed by atoms with Crippen molar-refractivity contribution in [1.29, 1.82) is 0 Å². The first-order valence-electron chi connectivity index (χ1n) is 7.61. The summed E-state index contributed by atoms with van der Waals surface area (Å²) < 4.78 is 24.1. The Balaban J connectivity index is 2.10. The van der Waals surface area contributed by atoms with E-state index in [1.807, 2.05) is 7.05 Å². The molecule has 1 aromatic rings. The number of likely N-dealkylation sites (N-methyl/N-ethyl adjacent to an activating group) is 1. The topological polar surface area (TPSA) is 49.4 Å². The minimum absolute atomic E-state index is 0.243. The molecule has 4 nitrogen and oxygen atoms in total. The zero-order valence-electron chi connectivity index (χ0n) is 13.2. The van der Waals surface area contributed by atoms with Crippen LogP contribution in [0.15, 0.2) is 24.3 Å². The number of hydrogen-bond donors (Lipinski definition) is 1. The van der Waals surface area contributed by atoms with Crippen LogP contribution in [0.25, 0.3) is 0 Å². The number of nitrogens with zero attached hydrogens (tertiary/aromatic N) is 1. The van der Waals surface area contributed by atoms with Crippen molar-refractivity contribution in [2.24, 2.45) is 0 Å². The summed E-state index contributed by atoms with van der Waals surface area (Å²) in [5.41, 5.74) is 2.72. The van der Waals surface area contributed by atoms with E-state index >= 15 is 0 Å². The fourth-order valence-corrected chi connectivity index (χ4v) is 3.78. The number of benzene rings is 1. The highest BCUT2D eigenvalue weighted by molar-refractivity contribution is 7.92. The molecule has 1 N–H and O–H groups in total. The molecule has 1 atom stereocenters. The number of sulfone groups is 1. The molecule has 0 spiro atoms. The lowest BCUT2D eigenvalue weighted by Gasteiger charge is -2.37. The third kappa shape index (κ3) is 4.05. The van der Waals surface area contributed by atoms with Gasteiger partial charge in [-0.05, 0) is 38.4 Å². The van der Waals surface area contributed by atoms with Crippen molar-refractivity contribution >= 4 is 9.84 Å². The minimum atomic E-state index is -2.98. The van der Waals surface area contributed by atoms with E-state index in [0.717, 1.165) is 19.5 Å². The van der Waals surface area contributed by atoms with Gasteiger partial charge in [0.1, 0.15) is 0 Å². The Hall–Kier alpha value is -0.910. The van der Waals surface area contributed by atoms with Crippen LogP contribution in [0.4, 0.5) is 0 Å². The van der Waals surface area contributed by atoms with Gasteiger partial charge in [-0.1, -0.05) is 24.3 Å². The molecule has 0 fully saturated rings. The summed E-state index contributed by atoms with van der Waals surface area (Å²) in [6.45, 7) is 5.85. The number of hydrogen-bond acceptors (Lipinski definition) is 4. The molecule has 0 aliphatic carbocycles. The maximum Gasteiger partial charge on any atom is 0.153 e. The van der Waals surface area contributed by atoms with Crippen LogP contribution in [0, 0.1) is 0 Å². The molecule has 0 amide bonds. The van der Waals surface area contributed by atoms with Gasteiger partial charge in [-0.2, -0.15) is 0 Å². The zero-order chi connectivity index (χ0) is 15.5. The first-order chi connectivity index (χ1) is 9.94. The predicted octanol–water partition coefficient (Wildman–Crippen LogP) is 1.46. The third-order valence-electron chi connectivity index (χ3n) is 4.28. The Morgan fingerprint density at radius 1 is 1.29 bits per heavy atom. The van der Waals surface area contributed by atoms with E-state index in [2.05, 4.69) is 34.5 Å². The van der Waals surface area contributed by atoms with Gasteiger partial charge in [0, 0.05) is 25.7 Å². The van der Waals surface area contributed by atoms with Crippen molar-refractivity contribution in [3.8, 4) is 0 Å². The molecule has 21 heavy (non-hydrogen) atoms. The van der Waals surface area contributed by atoms with E-state index in [1.165, 1.54) is 11.1 Å². The van der Waals surface area contributed by atoms with Gasteiger partial charge in [-0.3, -0.25) is 4.90 Å². The van der Waals surface area contributed by atoms with Crippen LogP contribution in [0.3, 0.4) is 0 Å². The normalized spacial score (nSPS) is 19.7. The number of nitrogens with one attached hydrogen (secondary N) is 1. The molecular weight excluding hydrogens is 284 g/mol. The summed E-state index contributed by atoms with van der Waals surface area (Å²) in [5.74, 6) is 0.243. The molecule has 0 aromatic heterocycles. The lowest BCUT2D eigenvalue weighted by atomic mass is 9.94. The molecule has 0 bridgehead atoms. The monoisotopic (exact) mass is 310 g/mol. The van der Waals surface area contributed by atoms with Gasteiger partial charge in [0.05, 0.1) is 11.0 Å². The third-order valence-corrected chi connectivity index (χ3v) is 6.47. The summed E-state index contributed by atoms with van der Waals surface area (Å²) in [6, 6.07) is 8.83. The molecule has 0 saturated carbocycles. The summed E-state index contributed by atoms with van der Waals surface area (Å²) in [6.07, 6.45) is 0.985. The molecule has 1 aromatic carbocycles. The zero-order valence-corrected chi connectivity index (χ0v) is 14.0. The van der Waals surface area contributed by atoms with Crippen LogP contribution in [-0.2, 0) is 22.8 Å². The van der Waals surface area contributed by atoms with Crippen LogP contribution >= 0.6 is 0 Å². The van der Waals surface area contributed by atoms with Gasteiger partial charge >= 0.3 is 0 Å². The Morgan fingerprint density at radius 3 is 2.57 bits per heavy atom. The highest BCUT2D eigenvalue weighted by atomic mass is 32.2. The first kappa shape index (κ1) is 16.5. The van der Waals surface area contributed by atoms with Gasteiger partial charge in [0.2, 0.25) is 0 Å². The molecule has 2 rings (SSSR count). The average Bonchev–Trinajstić information content (AvgIpc) is 2.45. The van der Waals surface area contributed by atoms with E-state index in [0.29, 0.717) is 12.6 Å². The van der Waals surface area contributed by atoms with Crippen LogP contribution in [0.1, 0.15) is 25.0 Å². The van der Waals surface area contributed by atoms with Crippen LogP contribution in [0.2, 0.25) is 0 Å². The lowest BCUT2D eigenvalue weighted by Crippen LogP contribution is -2.47. The minimum Gasteiger partial charge on any atom is -0.318 e. The van der Waals surface area contributed by atoms with E-state index < -0.39 is 9.84 Å². The van der Waals surface area contributed by atoms with Crippen LogP contribution in [0.5, 0.6) is 0 Å². The number of fused-ring (bicyclic) bond motifs is 1. The SMILES string of the molecule is CNCC1Cc2ccccc2CN1CCS(=O)(=O)C(C)C. The molecule has 1 unspecified atom stereocenters. The second-order valence-electron chi connectivity index (χ2n) is 6.07. The van der Waals surface area contributed by atoms with Gasteiger partial charge < -0.3 is 5.32 Å². The van der Waals surface area contributed by atoms with Crippen molar-refractivity contribution < 1.29 is 8.42 Å². The van der Waals surface area contributed by atoms with Crippen LogP contribution in [-0.4, -0.2) is 50.5 Å². The maximum absolute atomic E-state index is 12.0. The fraction of sp³-hybridized carbons (Fsp3) is 0.625. The molecular formula is C16H26N2O2S. The molecule has 0 saturated heterocycles. The molecule has 118 valence electrons. The first-order valence-corrected chi connectivity index (χ1v) is 9.32. The highest BCUT2D eigenvalue weighted by Gasteiger charge is 2.27. The number of rotatable bonds is 6. The van der Waals surface area contributed by atoms with Crippen molar-refractivity contribution in [2.45, 2.75) is 38.1 Å².